The lowest BCUT2D eigenvalue weighted by atomic mass is 10.2. The molecule has 3 nitrogen and oxygen atoms in total. The van der Waals surface area contributed by atoms with Crippen molar-refractivity contribution in [1.82, 2.24) is 10.3 Å². The molecule has 0 atom stereocenters. The third-order valence-electron chi connectivity index (χ3n) is 1.97. The monoisotopic (exact) mass is 242 g/mol. The van der Waals surface area contributed by atoms with E-state index in [2.05, 4.69) is 26.2 Å². The van der Waals surface area contributed by atoms with Gasteiger partial charge in [-0.1, -0.05) is 0 Å². The summed E-state index contributed by atoms with van der Waals surface area (Å²) in [5, 5.41) is 3.14. The van der Waals surface area contributed by atoms with Gasteiger partial charge in [0.2, 0.25) is 5.88 Å². The number of hydrogen-bond donors (Lipinski definition) is 1. The molecule has 13 heavy (non-hydrogen) atoms. The highest BCUT2D eigenvalue weighted by Gasteiger charge is 2.19. The quantitative estimate of drug-likeness (QED) is 0.854. The molecule has 1 fully saturated rings. The van der Waals surface area contributed by atoms with Crippen molar-refractivity contribution in [3.05, 3.63) is 22.3 Å². The van der Waals surface area contributed by atoms with Gasteiger partial charge >= 0.3 is 0 Å². The van der Waals surface area contributed by atoms with Gasteiger partial charge in [-0.05, 0) is 34.5 Å². The highest BCUT2D eigenvalue weighted by molar-refractivity contribution is 9.10. The average Bonchev–Trinajstić information content (AvgIpc) is 1.99. The maximum atomic E-state index is 5.62. The Kier molecular flexibility index (Phi) is 2.51. The topological polar surface area (TPSA) is 34.1 Å². The fourth-order valence-corrected chi connectivity index (χ4v) is 1.67. The van der Waals surface area contributed by atoms with E-state index in [1.165, 1.54) is 0 Å². The molecule has 0 aliphatic carbocycles. The molecule has 2 rings (SSSR count). The zero-order valence-electron chi connectivity index (χ0n) is 7.38. The first-order valence-corrected chi connectivity index (χ1v) is 5.04. The number of halogens is 1. The lowest BCUT2D eigenvalue weighted by Gasteiger charge is -2.27. The Morgan fingerprint density at radius 3 is 2.92 bits per heavy atom. The first kappa shape index (κ1) is 8.97. The molecule has 0 radical (unpaired) electrons. The van der Waals surface area contributed by atoms with Crippen molar-refractivity contribution in [1.29, 1.82) is 0 Å². The number of nitrogens with one attached hydrogen (secondary N) is 1. The summed E-state index contributed by atoms with van der Waals surface area (Å²) in [7, 11) is 0. The van der Waals surface area contributed by atoms with Gasteiger partial charge in [0, 0.05) is 19.3 Å². The van der Waals surface area contributed by atoms with Crippen LogP contribution < -0.4 is 10.1 Å². The number of rotatable bonds is 2. The van der Waals surface area contributed by atoms with Crippen LogP contribution in [0.1, 0.15) is 5.56 Å². The second-order valence-corrected chi connectivity index (χ2v) is 4.05. The van der Waals surface area contributed by atoms with Gasteiger partial charge in [-0.2, -0.15) is 0 Å². The Morgan fingerprint density at radius 2 is 2.38 bits per heavy atom. The zero-order valence-corrected chi connectivity index (χ0v) is 8.97. The highest BCUT2D eigenvalue weighted by atomic mass is 79.9. The summed E-state index contributed by atoms with van der Waals surface area (Å²) < 4.78 is 6.55. The molecule has 0 aromatic carbocycles. The minimum atomic E-state index is 0.284. The van der Waals surface area contributed by atoms with Gasteiger partial charge < -0.3 is 10.1 Å². The molecule has 1 aliphatic rings. The number of pyridine rings is 1. The van der Waals surface area contributed by atoms with Crippen molar-refractivity contribution in [3.63, 3.8) is 0 Å². The molecule has 70 valence electrons. The van der Waals surface area contributed by atoms with E-state index in [-0.39, 0.29) is 6.10 Å². The molecule has 1 N–H and O–H groups in total. The van der Waals surface area contributed by atoms with Crippen molar-refractivity contribution < 1.29 is 4.74 Å². The first-order chi connectivity index (χ1) is 6.25. The molecule has 1 aliphatic heterocycles. The maximum Gasteiger partial charge on any atom is 0.228 e. The van der Waals surface area contributed by atoms with Crippen molar-refractivity contribution in [2.45, 2.75) is 13.0 Å². The minimum Gasteiger partial charge on any atom is -0.471 e. The van der Waals surface area contributed by atoms with Gasteiger partial charge in [0.05, 0.1) is 4.47 Å². The summed E-state index contributed by atoms with van der Waals surface area (Å²) in [4.78, 5) is 4.20. The van der Waals surface area contributed by atoms with Gasteiger partial charge in [-0.3, -0.25) is 0 Å². The normalized spacial score (nSPS) is 16.8. The SMILES string of the molecule is Cc1cnc(OC2CNC2)c(Br)c1. The van der Waals surface area contributed by atoms with Crippen LogP contribution in [-0.4, -0.2) is 24.2 Å². The van der Waals surface area contributed by atoms with Crippen LogP contribution >= 0.6 is 15.9 Å². The summed E-state index contributed by atoms with van der Waals surface area (Å²) in [6, 6.07) is 2.01. The van der Waals surface area contributed by atoms with E-state index in [1.807, 2.05) is 19.2 Å². The molecular formula is C9H11BrN2O. The van der Waals surface area contributed by atoms with Gasteiger partial charge in [0.1, 0.15) is 6.10 Å². The fraction of sp³-hybridized carbons (Fsp3) is 0.444. The Morgan fingerprint density at radius 1 is 1.62 bits per heavy atom. The second-order valence-electron chi connectivity index (χ2n) is 3.20. The van der Waals surface area contributed by atoms with Gasteiger partial charge in [-0.25, -0.2) is 4.98 Å². The van der Waals surface area contributed by atoms with Gasteiger partial charge in [0.25, 0.3) is 0 Å². The summed E-state index contributed by atoms with van der Waals surface area (Å²) in [6.07, 6.45) is 2.10. The summed E-state index contributed by atoms with van der Waals surface area (Å²) in [5.41, 5.74) is 1.13. The third kappa shape index (κ3) is 2.00. The molecule has 0 spiro atoms. The van der Waals surface area contributed by atoms with Crippen molar-refractivity contribution in [2.24, 2.45) is 0 Å². The third-order valence-corrected chi connectivity index (χ3v) is 2.53. The number of aromatic nitrogens is 1. The summed E-state index contributed by atoms with van der Waals surface area (Å²) in [5.74, 6) is 0.692. The Labute approximate surface area is 85.6 Å². The smallest absolute Gasteiger partial charge is 0.228 e. The van der Waals surface area contributed by atoms with E-state index < -0.39 is 0 Å². The number of nitrogens with zero attached hydrogens (tertiary/aromatic N) is 1. The van der Waals surface area contributed by atoms with Crippen molar-refractivity contribution in [3.8, 4) is 5.88 Å². The summed E-state index contributed by atoms with van der Waals surface area (Å²) >= 11 is 3.42. The molecule has 1 saturated heterocycles. The molecule has 2 heterocycles. The van der Waals surface area contributed by atoms with Gasteiger partial charge in [0.15, 0.2) is 0 Å². The zero-order chi connectivity index (χ0) is 9.26. The Balaban J connectivity index is 2.10. The molecule has 0 unspecified atom stereocenters. The molecule has 4 heteroatoms. The van der Waals surface area contributed by atoms with Crippen LogP contribution in [0.25, 0.3) is 0 Å². The van der Waals surface area contributed by atoms with Crippen molar-refractivity contribution in [2.75, 3.05) is 13.1 Å². The van der Waals surface area contributed by atoms with Crippen LogP contribution in [0, 0.1) is 6.92 Å². The van der Waals surface area contributed by atoms with Crippen LogP contribution in [0.3, 0.4) is 0 Å². The van der Waals surface area contributed by atoms with E-state index >= 15 is 0 Å². The van der Waals surface area contributed by atoms with Gasteiger partial charge in [-0.15, -0.1) is 0 Å². The van der Waals surface area contributed by atoms with Crippen LogP contribution in [0.4, 0.5) is 0 Å². The van der Waals surface area contributed by atoms with E-state index in [9.17, 15) is 0 Å². The van der Waals surface area contributed by atoms with E-state index in [1.54, 1.807) is 0 Å². The summed E-state index contributed by atoms with van der Waals surface area (Å²) in [6.45, 7) is 3.84. The molecule has 0 amide bonds. The van der Waals surface area contributed by atoms with E-state index in [0.717, 1.165) is 23.1 Å². The molecule has 0 saturated carbocycles. The van der Waals surface area contributed by atoms with Crippen LogP contribution in [0.5, 0.6) is 5.88 Å². The molecule has 1 aromatic heterocycles. The standard InChI is InChI=1S/C9H11BrN2O/c1-6-2-8(10)9(12-3-6)13-7-4-11-5-7/h2-3,7,11H,4-5H2,1H3. The van der Waals surface area contributed by atoms with E-state index in [0.29, 0.717) is 5.88 Å². The van der Waals surface area contributed by atoms with Crippen molar-refractivity contribution >= 4 is 15.9 Å². The largest absolute Gasteiger partial charge is 0.471 e. The van der Waals surface area contributed by atoms with Crippen LogP contribution in [0.15, 0.2) is 16.7 Å². The van der Waals surface area contributed by atoms with Crippen LogP contribution in [0.2, 0.25) is 0 Å². The van der Waals surface area contributed by atoms with E-state index in [4.69, 9.17) is 4.74 Å². The predicted octanol–water partition coefficient (Wildman–Crippen LogP) is 1.50. The highest BCUT2D eigenvalue weighted by Crippen LogP contribution is 2.24. The Hall–Kier alpha value is -0.610. The Bertz CT molecular complexity index is 312. The molecule has 0 bridgehead atoms. The minimum absolute atomic E-state index is 0.284. The number of aryl methyl sites for hydroxylation is 1. The number of ether oxygens (including phenoxy) is 1. The first-order valence-electron chi connectivity index (χ1n) is 4.25. The fourth-order valence-electron chi connectivity index (χ4n) is 1.11. The lowest BCUT2D eigenvalue weighted by molar-refractivity contribution is 0.135. The second kappa shape index (κ2) is 3.64. The predicted molar refractivity (Wildman–Crippen MR) is 54.0 cm³/mol. The lowest BCUT2D eigenvalue weighted by Crippen LogP contribution is -2.50. The molecule has 1 aromatic rings. The molecular weight excluding hydrogens is 232 g/mol. The number of hydrogen-bond acceptors (Lipinski definition) is 3. The van der Waals surface area contributed by atoms with Crippen LogP contribution in [-0.2, 0) is 0 Å². The average molecular weight is 243 g/mol. The maximum absolute atomic E-state index is 5.62.